The number of piperidine rings is 1. The highest BCUT2D eigenvalue weighted by Crippen LogP contribution is 2.49. The summed E-state index contributed by atoms with van der Waals surface area (Å²) in [7, 11) is 0. The SMILES string of the molecule is CC(=O)N[C@H]1CCC2(CCN(CC3CC4C=CC3C4)CC2)c2ccccc21.[HH]. The maximum Gasteiger partial charge on any atom is 0.217 e. The lowest BCUT2D eigenvalue weighted by molar-refractivity contribution is -0.119. The molecule has 1 spiro atoms. The van der Waals surface area contributed by atoms with Crippen molar-refractivity contribution in [3.05, 3.63) is 47.5 Å². The first kappa shape index (κ1) is 17.5. The molecule has 1 amide bonds. The molecule has 3 unspecified atom stereocenters. The maximum atomic E-state index is 11.6. The fourth-order valence-corrected chi connectivity index (χ4v) is 6.51. The van der Waals surface area contributed by atoms with Gasteiger partial charge in [-0.3, -0.25) is 4.79 Å². The van der Waals surface area contributed by atoms with E-state index in [0.717, 1.165) is 24.2 Å². The number of carbonyl (C=O) groups is 1. The number of carbonyl (C=O) groups excluding carboxylic acids is 1. The number of allylic oxidation sites excluding steroid dienone is 2. The summed E-state index contributed by atoms with van der Waals surface area (Å²) in [5.74, 6) is 2.73. The fraction of sp³-hybridized carbons (Fsp3) is 0.625. The molecule has 1 aromatic rings. The van der Waals surface area contributed by atoms with Crippen LogP contribution in [0.1, 0.15) is 64.0 Å². The highest BCUT2D eigenvalue weighted by Gasteiger charge is 2.43. The van der Waals surface area contributed by atoms with Gasteiger partial charge in [0.05, 0.1) is 6.04 Å². The Balaban J connectivity index is 0.00000192. The number of rotatable bonds is 3. The smallest absolute Gasteiger partial charge is 0.217 e. The van der Waals surface area contributed by atoms with Crippen molar-refractivity contribution in [3.8, 4) is 0 Å². The number of hydrogen-bond donors (Lipinski definition) is 1. The Morgan fingerprint density at radius 2 is 2.00 bits per heavy atom. The van der Waals surface area contributed by atoms with Crippen LogP contribution in [0, 0.1) is 17.8 Å². The molecule has 146 valence electrons. The lowest BCUT2D eigenvalue weighted by atomic mass is 9.63. The minimum Gasteiger partial charge on any atom is -0.350 e. The molecule has 1 aromatic carbocycles. The van der Waals surface area contributed by atoms with Gasteiger partial charge in [-0.25, -0.2) is 0 Å². The molecule has 4 atom stereocenters. The van der Waals surface area contributed by atoms with Crippen LogP contribution in [0.25, 0.3) is 0 Å². The molecule has 3 nitrogen and oxygen atoms in total. The molecule has 5 rings (SSSR count). The lowest BCUT2D eigenvalue weighted by Gasteiger charge is -2.48. The van der Waals surface area contributed by atoms with Gasteiger partial charge >= 0.3 is 0 Å². The Morgan fingerprint density at radius 3 is 2.70 bits per heavy atom. The molecular weight excluding hydrogens is 332 g/mol. The zero-order valence-corrected chi connectivity index (χ0v) is 16.5. The van der Waals surface area contributed by atoms with E-state index in [9.17, 15) is 4.79 Å². The molecular formula is C24H34N2O. The normalized spacial score (nSPS) is 34.0. The molecule has 1 N–H and O–H groups in total. The van der Waals surface area contributed by atoms with E-state index >= 15 is 0 Å². The molecule has 3 aliphatic carbocycles. The van der Waals surface area contributed by atoms with Crippen LogP contribution in [0.3, 0.4) is 0 Å². The van der Waals surface area contributed by atoms with Gasteiger partial charge in [0.25, 0.3) is 0 Å². The summed E-state index contributed by atoms with van der Waals surface area (Å²) in [6.07, 6.45) is 12.6. The van der Waals surface area contributed by atoms with Crippen molar-refractivity contribution in [1.82, 2.24) is 10.2 Å². The number of benzene rings is 1. The van der Waals surface area contributed by atoms with Crippen LogP contribution in [0.5, 0.6) is 0 Å². The van der Waals surface area contributed by atoms with Crippen molar-refractivity contribution in [2.75, 3.05) is 19.6 Å². The largest absolute Gasteiger partial charge is 0.350 e. The van der Waals surface area contributed by atoms with E-state index in [4.69, 9.17) is 0 Å². The van der Waals surface area contributed by atoms with Crippen molar-refractivity contribution in [2.24, 2.45) is 17.8 Å². The summed E-state index contributed by atoms with van der Waals surface area (Å²) in [5, 5.41) is 3.18. The van der Waals surface area contributed by atoms with E-state index in [1.165, 1.54) is 62.9 Å². The Hall–Kier alpha value is -1.61. The first-order valence-corrected chi connectivity index (χ1v) is 10.9. The molecule has 2 bridgehead atoms. The third kappa shape index (κ3) is 3.14. The van der Waals surface area contributed by atoms with Crippen molar-refractivity contribution in [1.29, 1.82) is 0 Å². The molecule has 0 radical (unpaired) electrons. The fourth-order valence-electron chi connectivity index (χ4n) is 6.51. The van der Waals surface area contributed by atoms with Crippen molar-refractivity contribution in [2.45, 2.75) is 56.9 Å². The molecule has 1 saturated heterocycles. The first-order chi connectivity index (χ1) is 13.1. The van der Waals surface area contributed by atoms with Crippen LogP contribution < -0.4 is 5.32 Å². The second kappa shape index (κ2) is 6.77. The van der Waals surface area contributed by atoms with Crippen molar-refractivity contribution in [3.63, 3.8) is 0 Å². The summed E-state index contributed by atoms with van der Waals surface area (Å²) in [4.78, 5) is 14.4. The lowest BCUT2D eigenvalue weighted by Crippen LogP contribution is -2.47. The molecule has 27 heavy (non-hydrogen) atoms. The Kier molecular flexibility index (Phi) is 4.39. The number of fused-ring (bicyclic) bond motifs is 4. The number of amides is 1. The Morgan fingerprint density at radius 1 is 1.19 bits per heavy atom. The highest BCUT2D eigenvalue weighted by molar-refractivity contribution is 5.73. The van der Waals surface area contributed by atoms with Gasteiger partial charge in [0, 0.05) is 14.9 Å². The summed E-state index contributed by atoms with van der Waals surface area (Å²) >= 11 is 0. The average molecular weight is 367 g/mol. The predicted octanol–water partition coefficient (Wildman–Crippen LogP) is 4.45. The van der Waals surface area contributed by atoms with Gasteiger partial charge < -0.3 is 10.2 Å². The van der Waals surface area contributed by atoms with Crippen LogP contribution >= 0.6 is 0 Å². The quantitative estimate of drug-likeness (QED) is 0.802. The molecule has 4 aliphatic rings. The van der Waals surface area contributed by atoms with Gasteiger partial charge in [-0.2, -0.15) is 0 Å². The number of nitrogens with zero attached hydrogens (tertiary/aromatic N) is 1. The van der Waals surface area contributed by atoms with Gasteiger partial charge in [0.2, 0.25) is 5.91 Å². The number of hydrogen-bond acceptors (Lipinski definition) is 2. The van der Waals surface area contributed by atoms with Gasteiger partial charge in [0.1, 0.15) is 0 Å². The second-order valence-corrected chi connectivity index (χ2v) is 9.50. The maximum absolute atomic E-state index is 11.6. The molecule has 1 saturated carbocycles. The van der Waals surface area contributed by atoms with Gasteiger partial charge in [-0.05, 0) is 85.9 Å². The monoisotopic (exact) mass is 366 g/mol. The summed E-state index contributed by atoms with van der Waals surface area (Å²) in [6.45, 7) is 5.40. The van der Waals surface area contributed by atoms with Crippen LogP contribution in [-0.4, -0.2) is 30.4 Å². The van der Waals surface area contributed by atoms with E-state index in [1.807, 2.05) is 0 Å². The predicted molar refractivity (Wildman–Crippen MR) is 111 cm³/mol. The molecule has 2 fully saturated rings. The third-order valence-corrected chi connectivity index (χ3v) is 7.92. The van der Waals surface area contributed by atoms with Crippen LogP contribution in [0.4, 0.5) is 0 Å². The first-order valence-electron chi connectivity index (χ1n) is 10.9. The Bertz CT molecular complexity index is 753. The topological polar surface area (TPSA) is 32.3 Å². The second-order valence-electron chi connectivity index (χ2n) is 9.50. The summed E-state index contributed by atoms with van der Waals surface area (Å²) in [5.41, 5.74) is 3.21. The average Bonchev–Trinajstić information content (AvgIpc) is 3.29. The van der Waals surface area contributed by atoms with E-state index in [-0.39, 0.29) is 13.4 Å². The number of nitrogens with one attached hydrogen (secondary N) is 1. The number of likely N-dealkylation sites (tertiary alicyclic amines) is 1. The zero-order valence-electron chi connectivity index (χ0n) is 16.5. The minimum atomic E-state index is 0. The Labute approximate surface area is 164 Å². The summed E-state index contributed by atoms with van der Waals surface area (Å²) < 4.78 is 0. The third-order valence-electron chi connectivity index (χ3n) is 7.92. The molecule has 1 aliphatic heterocycles. The highest BCUT2D eigenvalue weighted by atomic mass is 16.1. The van der Waals surface area contributed by atoms with Crippen LogP contribution in [0.15, 0.2) is 36.4 Å². The van der Waals surface area contributed by atoms with E-state index in [0.29, 0.717) is 5.41 Å². The summed E-state index contributed by atoms with van der Waals surface area (Å²) in [6, 6.07) is 9.09. The standard InChI is InChI=1S/C24H32N2O.H2/c1-17(27)25-23-8-9-24(22-5-3-2-4-21(22)23)10-12-26(13-11-24)16-20-15-18-6-7-19(20)14-18;/h2-7,18-20,23H,8-16H2,1H3,(H,25,27);1H/t18?,19?,20?,23-;/m0./s1. The van der Waals surface area contributed by atoms with Gasteiger partial charge in [-0.15, -0.1) is 0 Å². The molecule has 3 heteroatoms. The zero-order chi connectivity index (χ0) is 18.4. The van der Waals surface area contributed by atoms with E-state index < -0.39 is 0 Å². The molecule has 1 heterocycles. The molecule has 0 aromatic heterocycles. The van der Waals surface area contributed by atoms with E-state index in [1.54, 1.807) is 6.92 Å². The van der Waals surface area contributed by atoms with Crippen molar-refractivity contribution >= 4 is 5.91 Å². The minimum absolute atomic E-state index is 0. The van der Waals surface area contributed by atoms with Gasteiger partial charge in [0.15, 0.2) is 0 Å². The van der Waals surface area contributed by atoms with Crippen LogP contribution in [0.2, 0.25) is 0 Å². The van der Waals surface area contributed by atoms with E-state index in [2.05, 4.69) is 46.6 Å². The van der Waals surface area contributed by atoms with Gasteiger partial charge in [-0.1, -0.05) is 36.4 Å². The van der Waals surface area contributed by atoms with Crippen LogP contribution in [-0.2, 0) is 10.2 Å². The van der Waals surface area contributed by atoms with Crippen molar-refractivity contribution < 1.29 is 6.22 Å².